The van der Waals surface area contributed by atoms with E-state index in [-0.39, 0.29) is 6.04 Å². The van der Waals surface area contributed by atoms with Gasteiger partial charge < -0.3 is 10.5 Å². The van der Waals surface area contributed by atoms with Crippen LogP contribution < -0.4 is 5.73 Å². The molecule has 2 nitrogen and oxygen atoms in total. The number of hydrogen-bond donors (Lipinski definition) is 1. The number of rotatable bonds is 7. The Kier molecular flexibility index (Phi) is 6.97. The van der Waals surface area contributed by atoms with E-state index in [4.69, 9.17) is 22.1 Å². The van der Waals surface area contributed by atoms with E-state index in [2.05, 4.69) is 13.0 Å². The second kappa shape index (κ2) is 7.98. The first kappa shape index (κ1) is 14.8. The van der Waals surface area contributed by atoms with Crippen molar-refractivity contribution in [3.05, 3.63) is 28.8 Å². The van der Waals surface area contributed by atoms with E-state index < -0.39 is 0 Å². The van der Waals surface area contributed by atoms with E-state index in [9.17, 15) is 0 Å². The molecular formula is C13H20ClNOS. The molecular weight excluding hydrogens is 254 g/mol. The first-order valence-electron chi connectivity index (χ1n) is 5.83. The molecule has 0 bridgehead atoms. The van der Waals surface area contributed by atoms with Gasteiger partial charge in [-0.3, -0.25) is 0 Å². The summed E-state index contributed by atoms with van der Waals surface area (Å²) < 4.78 is 5.06. The van der Waals surface area contributed by atoms with Crippen LogP contribution in [-0.2, 0) is 11.2 Å². The predicted octanol–water partition coefficient (Wildman–Crippen LogP) is 3.36. The Balaban J connectivity index is 2.72. The molecule has 4 heteroatoms. The number of halogens is 1. The second-order valence-corrected chi connectivity index (χ2v) is 5.54. The normalized spacial score (nSPS) is 12.7. The third-order valence-electron chi connectivity index (χ3n) is 2.58. The Morgan fingerprint density at radius 2 is 2.24 bits per heavy atom. The van der Waals surface area contributed by atoms with Crippen molar-refractivity contribution in [1.82, 2.24) is 0 Å². The number of thioether (sulfide) groups is 1. The summed E-state index contributed by atoms with van der Waals surface area (Å²) in [5, 5.41) is 0.777. The summed E-state index contributed by atoms with van der Waals surface area (Å²) >= 11 is 7.80. The van der Waals surface area contributed by atoms with Gasteiger partial charge in [0.1, 0.15) is 0 Å². The molecule has 0 aliphatic carbocycles. The molecule has 0 amide bonds. The highest BCUT2D eigenvalue weighted by Crippen LogP contribution is 2.27. The Hall–Kier alpha value is -0.220. The van der Waals surface area contributed by atoms with Gasteiger partial charge >= 0.3 is 0 Å². The SMILES string of the molecule is CCC(N)Cc1ccc(Cl)cc1SCCOC. The summed E-state index contributed by atoms with van der Waals surface area (Å²) in [6.45, 7) is 2.86. The maximum Gasteiger partial charge on any atom is 0.0556 e. The first-order chi connectivity index (χ1) is 8.17. The van der Waals surface area contributed by atoms with E-state index in [1.54, 1.807) is 18.9 Å². The average Bonchev–Trinajstić information content (AvgIpc) is 2.32. The van der Waals surface area contributed by atoms with Crippen LogP contribution in [-0.4, -0.2) is 25.5 Å². The molecule has 1 aromatic rings. The molecule has 1 atom stereocenters. The standard InChI is InChI=1S/C13H20ClNOS/c1-3-12(15)8-10-4-5-11(14)9-13(10)17-7-6-16-2/h4-5,9,12H,3,6-8,15H2,1-2H3. The molecule has 1 unspecified atom stereocenters. The van der Waals surface area contributed by atoms with E-state index in [0.29, 0.717) is 0 Å². The van der Waals surface area contributed by atoms with Crippen LogP contribution in [0.15, 0.2) is 23.1 Å². The zero-order valence-corrected chi connectivity index (χ0v) is 12.0. The summed E-state index contributed by atoms with van der Waals surface area (Å²) in [5.74, 6) is 0.936. The third kappa shape index (κ3) is 5.30. The molecule has 0 aliphatic rings. The van der Waals surface area contributed by atoms with E-state index in [1.807, 2.05) is 12.1 Å². The minimum Gasteiger partial charge on any atom is -0.384 e. The zero-order valence-electron chi connectivity index (χ0n) is 10.4. The van der Waals surface area contributed by atoms with Crippen molar-refractivity contribution in [2.75, 3.05) is 19.5 Å². The minimum absolute atomic E-state index is 0.220. The molecule has 0 aromatic heterocycles. The lowest BCUT2D eigenvalue weighted by Crippen LogP contribution is -2.21. The van der Waals surface area contributed by atoms with E-state index >= 15 is 0 Å². The van der Waals surface area contributed by atoms with Crippen molar-refractivity contribution < 1.29 is 4.74 Å². The lowest BCUT2D eigenvalue weighted by atomic mass is 10.1. The molecule has 0 saturated carbocycles. The fourth-order valence-electron chi connectivity index (χ4n) is 1.49. The average molecular weight is 274 g/mol. The Bertz CT molecular complexity index is 346. The molecule has 1 aromatic carbocycles. The van der Waals surface area contributed by atoms with Gasteiger partial charge in [0.15, 0.2) is 0 Å². The van der Waals surface area contributed by atoms with Gasteiger partial charge in [-0.15, -0.1) is 11.8 Å². The fraction of sp³-hybridized carbons (Fsp3) is 0.538. The fourth-order valence-corrected chi connectivity index (χ4v) is 2.75. The van der Waals surface area contributed by atoms with Crippen LogP contribution in [0.4, 0.5) is 0 Å². The summed E-state index contributed by atoms with van der Waals surface area (Å²) in [4.78, 5) is 1.22. The van der Waals surface area contributed by atoms with E-state index in [1.165, 1.54) is 10.5 Å². The molecule has 0 aliphatic heterocycles. The number of benzene rings is 1. The van der Waals surface area contributed by atoms with Crippen molar-refractivity contribution >= 4 is 23.4 Å². The largest absolute Gasteiger partial charge is 0.384 e. The van der Waals surface area contributed by atoms with Gasteiger partial charge in [-0.05, 0) is 30.5 Å². The smallest absolute Gasteiger partial charge is 0.0556 e. The van der Waals surface area contributed by atoms with Gasteiger partial charge in [-0.25, -0.2) is 0 Å². The minimum atomic E-state index is 0.220. The maximum atomic E-state index is 6.02. The summed E-state index contributed by atoms with van der Waals surface area (Å²) in [5.41, 5.74) is 7.28. The van der Waals surface area contributed by atoms with Crippen LogP contribution in [0.3, 0.4) is 0 Å². The molecule has 0 saturated heterocycles. The summed E-state index contributed by atoms with van der Waals surface area (Å²) in [6, 6.07) is 6.24. The maximum absolute atomic E-state index is 6.02. The molecule has 2 N–H and O–H groups in total. The van der Waals surface area contributed by atoms with Gasteiger partial charge in [0.2, 0.25) is 0 Å². The Labute approximate surface area is 113 Å². The Morgan fingerprint density at radius 1 is 1.47 bits per heavy atom. The van der Waals surface area contributed by atoms with Gasteiger partial charge in [-0.2, -0.15) is 0 Å². The van der Waals surface area contributed by atoms with Gasteiger partial charge in [-0.1, -0.05) is 24.6 Å². The lowest BCUT2D eigenvalue weighted by Gasteiger charge is -2.13. The van der Waals surface area contributed by atoms with Crippen LogP contribution in [0, 0.1) is 0 Å². The summed E-state index contributed by atoms with van der Waals surface area (Å²) in [6.07, 6.45) is 1.90. The number of hydrogen-bond acceptors (Lipinski definition) is 3. The monoisotopic (exact) mass is 273 g/mol. The highest BCUT2D eigenvalue weighted by atomic mass is 35.5. The van der Waals surface area contributed by atoms with Crippen molar-refractivity contribution in [2.45, 2.75) is 30.7 Å². The number of methoxy groups -OCH3 is 1. The van der Waals surface area contributed by atoms with Crippen LogP contribution >= 0.6 is 23.4 Å². The van der Waals surface area contributed by atoms with Crippen molar-refractivity contribution in [3.8, 4) is 0 Å². The van der Waals surface area contributed by atoms with Gasteiger partial charge in [0.25, 0.3) is 0 Å². The van der Waals surface area contributed by atoms with Crippen LogP contribution in [0.1, 0.15) is 18.9 Å². The summed E-state index contributed by atoms with van der Waals surface area (Å²) in [7, 11) is 1.71. The number of nitrogens with two attached hydrogens (primary N) is 1. The second-order valence-electron chi connectivity index (χ2n) is 3.97. The molecule has 1 rings (SSSR count). The van der Waals surface area contributed by atoms with Crippen molar-refractivity contribution in [1.29, 1.82) is 0 Å². The molecule has 0 spiro atoms. The molecule has 96 valence electrons. The quantitative estimate of drug-likeness (QED) is 0.611. The first-order valence-corrected chi connectivity index (χ1v) is 7.19. The molecule has 0 heterocycles. The van der Waals surface area contributed by atoms with Crippen molar-refractivity contribution in [2.24, 2.45) is 5.73 Å². The van der Waals surface area contributed by atoms with E-state index in [0.717, 1.165) is 30.2 Å². The van der Waals surface area contributed by atoms with Crippen LogP contribution in [0.2, 0.25) is 5.02 Å². The highest BCUT2D eigenvalue weighted by Gasteiger charge is 2.08. The molecule has 0 radical (unpaired) electrons. The van der Waals surface area contributed by atoms with Gasteiger partial charge in [0, 0.05) is 28.8 Å². The van der Waals surface area contributed by atoms with Crippen LogP contribution in [0.5, 0.6) is 0 Å². The van der Waals surface area contributed by atoms with Crippen molar-refractivity contribution in [3.63, 3.8) is 0 Å². The van der Waals surface area contributed by atoms with Crippen LogP contribution in [0.25, 0.3) is 0 Å². The topological polar surface area (TPSA) is 35.2 Å². The number of ether oxygens (including phenoxy) is 1. The highest BCUT2D eigenvalue weighted by molar-refractivity contribution is 7.99. The third-order valence-corrected chi connectivity index (χ3v) is 3.88. The Morgan fingerprint density at radius 3 is 2.88 bits per heavy atom. The van der Waals surface area contributed by atoms with Gasteiger partial charge in [0.05, 0.1) is 6.61 Å². The molecule has 0 fully saturated rings. The predicted molar refractivity (Wildman–Crippen MR) is 76.0 cm³/mol. The molecule has 17 heavy (non-hydrogen) atoms. The lowest BCUT2D eigenvalue weighted by molar-refractivity contribution is 0.218. The zero-order chi connectivity index (χ0) is 12.7.